The SMILES string of the molecule is CCCC1(Cc2ccc(C#N)cc2)OCCCO1. The molecule has 0 amide bonds. The van der Waals surface area contributed by atoms with Crippen LogP contribution in [0, 0.1) is 11.3 Å². The summed E-state index contributed by atoms with van der Waals surface area (Å²) in [5, 5.41) is 8.79. The quantitative estimate of drug-likeness (QED) is 0.818. The molecule has 1 aliphatic rings. The summed E-state index contributed by atoms with van der Waals surface area (Å²) in [7, 11) is 0. The van der Waals surface area contributed by atoms with E-state index in [0.717, 1.165) is 44.5 Å². The van der Waals surface area contributed by atoms with Crippen LogP contribution in [0.4, 0.5) is 0 Å². The summed E-state index contributed by atoms with van der Waals surface area (Å²) in [6.45, 7) is 3.69. The van der Waals surface area contributed by atoms with Crippen LogP contribution >= 0.6 is 0 Å². The zero-order chi connectivity index (χ0) is 12.8. The minimum absolute atomic E-state index is 0.457. The van der Waals surface area contributed by atoms with Crippen molar-refractivity contribution in [2.24, 2.45) is 0 Å². The Morgan fingerprint density at radius 2 is 1.89 bits per heavy atom. The highest BCUT2D eigenvalue weighted by atomic mass is 16.7. The lowest BCUT2D eigenvalue weighted by Gasteiger charge is -2.37. The van der Waals surface area contributed by atoms with E-state index < -0.39 is 5.79 Å². The first-order valence-electron chi connectivity index (χ1n) is 6.55. The van der Waals surface area contributed by atoms with Crippen LogP contribution in [0.5, 0.6) is 0 Å². The zero-order valence-corrected chi connectivity index (χ0v) is 10.8. The Balaban J connectivity index is 2.10. The molecule has 0 atom stereocenters. The molecule has 0 bridgehead atoms. The smallest absolute Gasteiger partial charge is 0.172 e. The van der Waals surface area contributed by atoms with E-state index in [0.29, 0.717) is 5.56 Å². The van der Waals surface area contributed by atoms with Gasteiger partial charge in [0.2, 0.25) is 0 Å². The molecule has 0 spiro atoms. The highest BCUT2D eigenvalue weighted by Gasteiger charge is 2.33. The van der Waals surface area contributed by atoms with Gasteiger partial charge in [-0.2, -0.15) is 5.26 Å². The predicted octanol–water partition coefficient (Wildman–Crippen LogP) is 3.03. The molecule has 0 radical (unpaired) electrons. The minimum atomic E-state index is -0.457. The van der Waals surface area contributed by atoms with E-state index in [9.17, 15) is 0 Å². The molecule has 3 nitrogen and oxygen atoms in total. The summed E-state index contributed by atoms with van der Waals surface area (Å²) >= 11 is 0. The third kappa shape index (κ3) is 3.10. The van der Waals surface area contributed by atoms with Gasteiger partial charge in [0.1, 0.15) is 0 Å². The van der Waals surface area contributed by atoms with Crippen LogP contribution in [-0.4, -0.2) is 19.0 Å². The lowest BCUT2D eigenvalue weighted by Crippen LogP contribution is -2.42. The van der Waals surface area contributed by atoms with Crippen molar-refractivity contribution in [2.75, 3.05) is 13.2 Å². The Hall–Kier alpha value is -1.37. The molecule has 0 unspecified atom stereocenters. The van der Waals surface area contributed by atoms with Gasteiger partial charge in [-0.25, -0.2) is 0 Å². The minimum Gasteiger partial charge on any atom is -0.349 e. The summed E-state index contributed by atoms with van der Waals surface area (Å²) in [6.07, 6.45) is 3.68. The fourth-order valence-electron chi connectivity index (χ4n) is 2.34. The maximum absolute atomic E-state index is 8.79. The van der Waals surface area contributed by atoms with Gasteiger partial charge in [-0.15, -0.1) is 0 Å². The summed E-state index contributed by atoms with van der Waals surface area (Å²) in [5.41, 5.74) is 1.85. The number of hydrogen-bond acceptors (Lipinski definition) is 3. The predicted molar refractivity (Wildman–Crippen MR) is 69.0 cm³/mol. The van der Waals surface area contributed by atoms with Crippen molar-refractivity contribution >= 4 is 0 Å². The van der Waals surface area contributed by atoms with Crippen molar-refractivity contribution in [3.63, 3.8) is 0 Å². The number of nitriles is 1. The number of nitrogens with zero attached hydrogens (tertiary/aromatic N) is 1. The van der Waals surface area contributed by atoms with Gasteiger partial charge in [0.15, 0.2) is 5.79 Å². The molecule has 18 heavy (non-hydrogen) atoms. The average Bonchev–Trinajstić information content (AvgIpc) is 2.41. The van der Waals surface area contributed by atoms with Crippen molar-refractivity contribution in [3.05, 3.63) is 35.4 Å². The Morgan fingerprint density at radius 3 is 2.44 bits per heavy atom. The molecule has 1 heterocycles. The van der Waals surface area contributed by atoms with Gasteiger partial charge in [0.25, 0.3) is 0 Å². The number of rotatable bonds is 4. The lowest BCUT2D eigenvalue weighted by molar-refractivity contribution is -0.269. The second-order valence-corrected chi connectivity index (χ2v) is 4.70. The van der Waals surface area contributed by atoms with E-state index in [1.54, 1.807) is 0 Å². The highest BCUT2D eigenvalue weighted by Crippen LogP contribution is 2.28. The molecule has 3 heteroatoms. The lowest BCUT2D eigenvalue weighted by atomic mass is 9.99. The van der Waals surface area contributed by atoms with E-state index in [4.69, 9.17) is 14.7 Å². The van der Waals surface area contributed by atoms with Crippen molar-refractivity contribution < 1.29 is 9.47 Å². The van der Waals surface area contributed by atoms with E-state index in [-0.39, 0.29) is 0 Å². The van der Waals surface area contributed by atoms with E-state index in [1.807, 2.05) is 24.3 Å². The first kappa shape index (κ1) is 13.1. The number of hydrogen-bond donors (Lipinski definition) is 0. The average molecular weight is 245 g/mol. The Bertz CT molecular complexity index is 408. The maximum atomic E-state index is 8.79. The van der Waals surface area contributed by atoms with Crippen LogP contribution in [-0.2, 0) is 15.9 Å². The van der Waals surface area contributed by atoms with Crippen molar-refractivity contribution in [3.8, 4) is 6.07 Å². The fraction of sp³-hybridized carbons (Fsp3) is 0.533. The summed E-state index contributed by atoms with van der Waals surface area (Å²) in [4.78, 5) is 0. The molecule has 0 saturated carbocycles. The van der Waals surface area contributed by atoms with Gasteiger partial charge >= 0.3 is 0 Å². The van der Waals surface area contributed by atoms with Crippen molar-refractivity contribution in [2.45, 2.75) is 38.4 Å². The maximum Gasteiger partial charge on any atom is 0.172 e. The second kappa shape index (κ2) is 5.99. The first-order valence-corrected chi connectivity index (χ1v) is 6.55. The molecule has 0 N–H and O–H groups in total. The first-order chi connectivity index (χ1) is 8.78. The Morgan fingerprint density at radius 1 is 1.22 bits per heavy atom. The van der Waals surface area contributed by atoms with Crippen LogP contribution in [0.25, 0.3) is 0 Å². The van der Waals surface area contributed by atoms with Crippen LogP contribution in [0.15, 0.2) is 24.3 Å². The molecule has 1 aliphatic heterocycles. The largest absolute Gasteiger partial charge is 0.349 e. The Kier molecular flexibility index (Phi) is 4.35. The Labute approximate surface area is 108 Å². The molecule has 1 saturated heterocycles. The van der Waals surface area contributed by atoms with Crippen LogP contribution < -0.4 is 0 Å². The molecule has 1 fully saturated rings. The molecule has 1 aromatic carbocycles. The van der Waals surface area contributed by atoms with Crippen LogP contribution in [0.2, 0.25) is 0 Å². The molecular weight excluding hydrogens is 226 g/mol. The number of benzene rings is 1. The van der Waals surface area contributed by atoms with Gasteiger partial charge in [0.05, 0.1) is 24.8 Å². The standard InChI is InChI=1S/C15H19NO2/c1-2-8-15(17-9-3-10-18-15)11-13-4-6-14(12-16)7-5-13/h4-7H,2-3,8-11H2,1H3. The van der Waals surface area contributed by atoms with Gasteiger partial charge in [-0.1, -0.05) is 25.5 Å². The van der Waals surface area contributed by atoms with Gasteiger partial charge in [-0.3, -0.25) is 0 Å². The summed E-state index contributed by atoms with van der Waals surface area (Å²) in [5.74, 6) is -0.457. The summed E-state index contributed by atoms with van der Waals surface area (Å²) < 4.78 is 11.8. The van der Waals surface area contributed by atoms with Crippen molar-refractivity contribution in [1.82, 2.24) is 0 Å². The van der Waals surface area contributed by atoms with Gasteiger partial charge in [-0.05, 0) is 24.1 Å². The van der Waals surface area contributed by atoms with E-state index in [1.165, 1.54) is 0 Å². The van der Waals surface area contributed by atoms with Gasteiger partial charge < -0.3 is 9.47 Å². The van der Waals surface area contributed by atoms with Crippen molar-refractivity contribution in [1.29, 1.82) is 5.26 Å². The monoisotopic (exact) mass is 245 g/mol. The van der Waals surface area contributed by atoms with E-state index in [2.05, 4.69) is 13.0 Å². The molecule has 2 rings (SSSR count). The molecule has 0 aromatic heterocycles. The third-order valence-electron chi connectivity index (χ3n) is 3.21. The summed E-state index contributed by atoms with van der Waals surface area (Å²) in [6, 6.07) is 9.79. The van der Waals surface area contributed by atoms with Crippen LogP contribution in [0.1, 0.15) is 37.3 Å². The molecule has 1 aromatic rings. The number of ether oxygens (including phenoxy) is 2. The third-order valence-corrected chi connectivity index (χ3v) is 3.21. The highest BCUT2D eigenvalue weighted by molar-refractivity contribution is 5.32. The zero-order valence-electron chi connectivity index (χ0n) is 10.8. The fourth-order valence-corrected chi connectivity index (χ4v) is 2.34. The molecule has 0 aliphatic carbocycles. The van der Waals surface area contributed by atoms with E-state index >= 15 is 0 Å². The molecular formula is C15H19NO2. The van der Waals surface area contributed by atoms with Crippen LogP contribution in [0.3, 0.4) is 0 Å². The molecule has 96 valence electrons. The second-order valence-electron chi connectivity index (χ2n) is 4.70. The van der Waals surface area contributed by atoms with Gasteiger partial charge in [0, 0.05) is 12.8 Å². The topological polar surface area (TPSA) is 42.2 Å². The normalized spacial score (nSPS) is 18.2.